The van der Waals surface area contributed by atoms with Gasteiger partial charge in [0.15, 0.2) is 6.61 Å². The molecule has 2 N–H and O–H groups in total. The third-order valence-electron chi connectivity index (χ3n) is 3.73. The first-order valence-corrected chi connectivity index (χ1v) is 7.87. The smallest absolute Gasteiger partial charge is 0.339 e. The Balaban J connectivity index is 1.85. The predicted octanol–water partition coefficient (Wildman–Crippen LogP) is 1.47. The normalized spacial score (nSPS) is 15.3. The molecule has 124 valence electrons. The number of carbonyl (C=O) groups excluding carboxylic acids is 3. The minimum absolute atomic E-state index is 0.145. The van der Waals surface area contributed by atoms with Gasteiger partial charge in [-0.1, -0.05) is 0 Å². The minimum Gasteiger partial charge on any atom is -0.452 e. The van der Waals surface area contributed by atoms with Gasteiger partial charge < -0.3 is 15.4 Å². The van der Waals surface area contributed by atoms with Gasteiger partial charge in [-0.15, -0.1) is 0 Å². The summed E-state index contributed by atoms with van der Waals surface area (Å²) in [6.07, 6.45) is 1.02. The molecule has 0 bridgehead atoms. The molecule has 1 aliphatic rings. The first-order valence-electron chi connectivity index (χ1n) is 7.07. The Bertz CT molecular complexity index is 630. The Morgan fingerprint density at radius 3 is 2.52 bits per heavy atom. The van der Waals surface area contributed by atoms with Crippen LogP contribution in [0.25, 0.3) is 0 Å². The van der Waals surface area contributed by atoms with E-state index in [0.717, 1.165) is 12.1 Å². The highest BCUT2D eigenvalue weighted by molar-refractivity contribution is 9.10. The molecule has 0 radical (unpaired) electrons. The first-order chi connectivity index (χ1) is 10.9. The number of piperidine rings is 1. The summed E-state index contributed by atoms with van der Waals surface area (Å²) in [5.74, 6) is -2.10. The zero-order chi connectivity index (χ0) is 17.0. The van der Waals surface area contributed by atoms with Gasteiger partial charge in [-0.25, -0.2) is 9.18 Å². The Morgan fingerprint density at radius 2 is 1.96 bits per heavy atom. The van der Waals surface area contributed by atoms with Crippen LogP contribution in [0.3, 0.4) is 0 Å². The molecule has 0 aromatic heterocycles. The van der Waals surface area contributed by atoms with Crippen LogP contribution in [0.5, 0.6) is 0 Å². The number of hydrogen-bond donors (Lipinski definition) is 1. The summed E-state index contributed by atoms with van der Waals surface area (Å²) in [6, 6.07) is 3.56. The zero-order valence-electron chi connectivity index (χ0n) is 12.3. The lowest BCUT2D eigenvalue weighted by molar-refractivity contribution is -0.137. The molecule has 6 nitrogen and oxygen atoms in total. The zero-order valence-corrected chi connectivity index (χ0v) is 13.8. The van der Waals surface area contributed by atoms with E-state index in [1.165, 1.54) is 11.0 Å². The van der Waals surface area contributed by atoms with E-state index in [2.05, 4.69) is 15.9 Å². The minimum atomic E-state index is -0.711. The van der Waals surface area contributed by atoms with E-state index >= 15 is 0 Å². The molecule has 2 rings (SSSR count). The van der Waals surface area contributed by atoms with Crippen LogP contribution in [0.2, 0.25) is 0 Å². The average Bonchev–Trinajstić information content (AvgIpc) is 2.52. The lowest BCUT2D eigenvalue weighted by Gasteiger charge is -2.30. The topological polar surface area (TPSA) is 89.7 Å². The summed E-state index contributed by atoms with van der Waals surface area (Å²) in [5.41, 5.74) is 5.38. The molecule has 1 saturated heterocycles. The van der Waals surface area contributed by atoms with Crippen molar-refractivity contribution in [1.29, 1.82) is 0 Å². The van der Waals surface area contributed by atoms with E-state index in [1.54, 1.807) is 0 Å². The Labute approximate surface area is 140 Å². The summed E-state index contributed by atoms with van der Waals surface area (Å²) in [7, 11) is 0. The third-order valence-corrected chi connectivity index (χ3v) is 4.38. The number of ether oxygens (including phenoxy) is 1. The molecule has 1 aromatic carbocycles. The van der Waals surface area contributed by atoms with Crippen molar-refractivity contribution >= 4 is 33.7 Å². The van der Waals surface area contributed by atoms with E-state index in [0.29, 0.717) is 25.9 Å². The summed E-state index contributed by atoms with van der Waals surface area (Å²) in [5, 5.41) is 0. The summed E-state index contributed by atoms with van der Waals surface area (Å²) < 4.78 is 18.2. The SMILES string of the molecule is NC(=O)C1CCN(C(=O)COC(=O)c2ccc(F)cc2Br)CC1. The molecule has 0 unspecified atom stereocenters. The van der Waals surface area contributed by atoms with Crippen molar-refractivity contribution < 1.29 is 23.5 Å². The number of halogens is 2. The number of amides is 2. The number of esters is 1. The molecule has 0 atom stereocenters. The summed E-state index contributed by atoms with van der Waals surface area (Å²) in [4.78, 5) is 36.5. The molecule has 1 heterocycles. The number of primary amides is 1. The number of rotatable bonds is 4. The average molecular weight is 387 g/mol. The second-order valence-electron chi connectivity index (χ2n) is 5.26. The van der Waals surface area contributed by atoms with Gasteiger partial charge >= 0.3 is 5.97 Å². The number of nitrogens with two attached hydrogens (primary N) is 1. The van der Waals surface area contributed by atoms with Gasteiger partial charge in [-0.3, -0.25) is 9.59 Å². The summed E-state index contributed by atoms with van der Waals surface area (Å²) >= 11 is 3.07. The van der Waals surface area contributed by atoms with Crippen LogP contribution in [-0.2, 0) is 14.3 Å². The van der Waals surface area contributed by atoms with Crippen molar-refractivity contribution in [3.8, 4) is 0 Å². The number of hydrogen-bond acceptors (Lipinski definition) is 4. The van der Waals surface area contributed by atoms with Crippen molar-refractivity contribution in [2.45, 2.75) is 12.8 Å². The fourth-order valence-corrected chi connectivity index (χ4v) is 2.88. The highest BCUT2D eigenvalue weighted by atomic mass is 79.9. The van der Waals surface area contributed by atoms with E-state index in [1.807, 2.05) is 0 Å². The van der Waals surface area contributed by atoms with Gasteiger partial charge in [0.05, 0.1) is 5.56 Å². The van der Waals surface area contributed by atoms with E-state index in [4.69, 9.17) is 10.5 Å². The highest BCUT2D eigenvalue weighted by Crippen LogP contribution is 2.19. The van der Waals surface area contributed by atoms with Crippen molar-refractivity contribution in [1.82, 2.24) is 4.90 Å². The Kier molecular flexibility index (Phi) is 5.70. The quantitative estimate of drug-likeness (QED) is 0.793. The number of likely N-dealkylation sites (tertiary alicyclic amines) is 1. The van der Waals surface area contributed by atoms with Gasteiger partial charge in [0.2, 0.25) is 5.91 Å². The van der Waals surface area contributed by atoms with Crippen LogP contribution < -0.4 is 5.73 Å². The van der Waals surface area contributed by atoms with Gasteiger partial charge in [0.25, 0.3) is 5.91 Å². The van der Waals surface area contributed by atoms with Gasteiger partial charge in [-0.2, -0.15) is 0 Å². The lowest BCUT2D eigenvalue weighted by Crippen LogP contribution is -2.43. The molecule has 0 aliphatic carbocycles. The van der Waals surface area contributed by atoms with Crippen LogP contribution in [-0.4, -0.2) is 42.4 Å². The van der Waals surface area contributed by atoms with Gasteiger partial charge in [-0.05, 0) is 47.0 Å². The molecule has 1 fully saturated rings. The molecule has 1 aliphatic heterocycles. The second kappa shape index (κ2) is 7.54. The molecule has 0 spiro atoms. The second-order valence-corrected chi connectivity index (χ2v) is 6.11. The van der Waals surface area contributed by atoms with Crippen molar-refractivity contribution in [3.05, 3.63) is 34.1 Å². The van der Waals surface area contributed by atoms with E-state index in [9.17, 15) is 18.8 Å². The van der Waals surface area contributed by atoms with Crippen LogP contribution in [0.1, 0.15) is 23.2 Å². The maximum Gasteiger partial charge on any atom is 0.339 e. The van der Waals surface area contributed by atoms with Gasteiger partial charge in [0, 0.05) is 23.5 Å². The number of benzene rings is 1. The third kappa shape index (κ3) is 4.51. The van der Waals surface area contributed by atoms with Crippen molar-refractivity contribution in [2.24, 2.45) is 11.7 Å². The molecule has 0 saturated carbocycles. The van der Waals surface area contributed by atoms with E-state index in [-0.39, 0.29) is 27.8 Å². The molecular formula is C15H16BrFN2O4. The predicted molar refractivity (Wildman–Crippen MR) is 82.9 cm³/mol. The summed E-state index contributed by atoms with van der Waals surface area (Å²) in [6.45, 7) is 0.415. The van der Waals surface area contributed by atoms with Gasteiger partial charge in [0.1, 0.15) is 5.82 Å². The van der Waals surface area contributed by atoms with Crippen LogP contribution in [0, 0.1) is 11.7 Å². The standard InChI is InChI=1S/C15H16BrFN2O4/c16-12-7-10(17)1-2-11(12)15(22)23-8-13(20)19-5-3-9(4-6-19)14(18)21/h1-2,7,9H,3-6,8H2,(H2,18,21). The highest BCUT2D eigenvalue weighted by Gasteiger charge is 2.26. The molecule has 1 aromatic rings. The lowest BCUT2D eigenvalue weighted by atomic mass is 9.96. The fourth-order valence-electron chi connectivity index (χ4n) is 2.36. The van der Waals surface area contributed by atoms with E-state index < -0.39 is 18.4 Å². The fraction of sp³-hybridized carbons (Fsp3) is 0.400. The van der Waals surface area contributed by atoms with Crippen LogP contribution in [0.15, 0.2) is 22.7 Å². The maximum absolute atomic E-state index is 13.0. The molecule has 2 amide bonds. The maximum atomic E-state index is 13.0. The first kappa shape index (κ1) is 17.4. The molecule has 23 heavy (non-hydrogen) atoms. The largest absolute Gasteiger partial charge is 0.452 e. The van der Waals surface area contributed by atoms with Crippen molar-refractivity contribution in [3.63, 3.8) is 0 Å². The number of nitrogens with zero attached hydrogens (tertiary/aromatic N) is 1. The van der Waals surface area contributed by atoms with Crippen LogP contribution in [0.4, 0.5) is 4.39 Å². The number of carbonyl (C=O) groups is 3. The van der Waals surface area contributed by atoms with Crippen molar-refractivity contribution in [2.75, 3.05) is 19.7 Å². The van der Waals surface area contributed by atoms with Crippen LogP contribution >= 0.6 is 15.9 Å². The Morgan fingerprint density at radius 1 is 1.30 bits per heavy atom. The Hall–Kier alpha value is -1.96. The monoisotopic (exact) mass is 386 g/mol. The molecule has 8 heteroatoms. The molecular weight excluding hydrogens is 371 g/mol.